The maximum absolute atomic E-state index is 12.2. The fourth-order valence-corrected chi connectivity index (χ4v) is 2.82. The molecular weight excluding hydrogens is 332 g/mol. The van der Waals surface area contributed by atoms with E-state index >= 15 is 0 Å². The molecule has 0 aliphatic heterocycles. The van der Waals surface area contributed by atoms with Crippen LogP contribution in [0.25, 0.3) is 0 Å². The zero-order valence-corrected chi connectivity index (χ0v) is 14.1. The zero-order chi connectivity index (χ0) is 17.7. The minimum atomic E-state index is -3.97. The number of hydrogen-bond donors (Lipinski definition) is 2. The second-order valence-corrected chi connectivity index (χ2v) is 6.52. The van der Waals surface area contributed by atoms with E-state index in [1.54, 1.807) is 31.4 Å². The SMILES string of the molecule is COCc1ccc(C(=O)Nc2ccc(OC)c(S(N)(=O)=O)c2)cc1. The summed E-state index contributed by atoms with van der Waals surface area (Å²) in [5, 5.41) is 7.78. The molecule has 0 saturated heterocycles. The molecule has 0 aliphatic carbocycles. The summed E-state index contributed by atoms with van der Waals surface area (Å²) in [4.78, 5) is 12.0. The lowest BCUT2D eigenvalue weighted by molar-refractivity contribution is 0.102. The Bertz CT molecular complexity index is 832. The van der Waals surface area contributed by atoms with Gasteiger partial charge in [-0.25, -0.2) is 13.6 Å². The number of hydrogen-bond acceptors (Lipinski definition) is 5. The molecule has 0 fully saturated rings. The predicted octanol–water partition coefficient (Wildman–Crippen LogP) is 1.74. The number of primary sulfonamides is 1. The molecule has 1 amide bonds. The van der Waals surface area contributed by atoms with Crippen molar-refractivity contribution in [1.82, 2.24) is 0 Å². The Labute approximate surface area is 140 Å². The fourth-order valence-electron chi connectivity index (χ4n) is 2.10. The van der Waals surface area contributed by atoms with Gasteiger partial charge in [-0.05, 0) is 35.9 Å². The Hall–Kier alpha value is -2.42. The Morgan fingerprint density at radius 3 is 2.33 bits per heavy atom. The summed E-state index contributed by atoms with van der Waals surface area (Å²) >= 11 is 0. The van der Waals surface area contributed by atoms with E-state index in [9.17, 15) is 13.2 Å². The molecule has 0 unspecified atom stereocenters. The van der Waals surface area contributed by atoms with E-state index in [2.05, 4.69) is 5.32 Å². The number of nitrogens with one attached hydrogen (secondary N) is 1. The highest BCUT2D eigenvalue weighted by Gasteiger charge is 2.16. The van der Waals surface area contributed by atoms with Crippen molar-refractivity contribution < 1.29 is 22.7 Å². The van der Waals surface area contributed by atoms with E-state index in [-0.39, 0.29) is 16.6 Å². The van der Waals surface area contributed by atoms with Crippen molar-refractivity contribution in [2.75, 3.05) is 19.5 Å². The molecule has 0 heterocycles. The molecular formula is C16H18N2O5S. The van der Waals surface area contributed by atoms with Crippen LogP contribution in [-0.4, -0.2) is 28.5 Å². The lowest BCUT2D eigenvalue weighted by Crippen LogP contribution is -2.16. The van der Waals surface area contributed by atoms with Crippen LogP contribution in [0, 0.1) is 0 Å². The Kier molecular flexibility index (Phi) is 5.55. The Morgan fingerprint density at radius 2 is 1.79 bits per heavy atom. The van der Waals surface area contributed by atoms with Gasteiger partial charge in [0.2, 0.25) is 10.0 Å². The molecule has 7 nitrogen and oxygen atoms in total. The lowest BCUT2D eigenvalue weighted by Gasteiger charge is -2.10. The molecule has 0 bridgehead atoms. The van der Waals surface area contributed by atoms with Crippen LogP contribution in [0.3, 0.4) is 0 Å². The van der Waals surface area contributed by atoms with Gasteiger partial charge in [0, 0.05) is 18.4 Å². The van der Waals surface area contributed by atoms with Crippen molar-refractivity contribution in [3.63, 3.8) is 0 Å². The second kappa shape index (κ2) is 7.43. The summed E-state index contributed by atoms with van der Waals surface area (Å²) in [6, 6.07) is 11.1. The van der Waals surface area contributed by atoms with Crippen molar-refractivity contribution in [2.24, 2.45) is 5.14 Å². The highest BCUT2D eigenvalue weighted by Crippen LogP contribution is 2.26. The highest BCUT2D eigenvalue weighted by molar-refractivity contribution is 7.89. The first-order chi connectivity index (χ1) is 11.3. The van der Waals surface area contributed by atoms with Gasteiger partial charge in [0.25, 0.3) is 5.91 Å². The van der Waals surface area contributed by atoms with Gasteiger partial charge < -0.3 is 14.8 Å². The number of methoxy groups -OCH3 is 2. The second-order valence-electron chi connectivity index (χ2n) is 4.99. The number of carbonyl (C=O) groups excluding carboxylic acids is 1. The standard InChI is InChI=1S/C16H18N2O5S/c1-22-10-11-3-5-12(6-4-11)16(19)18-13-7-8-14(23-2)15(9-13)24(17,20)21/h3-9H,10H2,1-2H3,(H,18,19)(H2,17,20,21). The molecule has 3 N–H and O–H groups in total. The number of anilines is 1. The lowest BCUT2D eigenvalue weighted by atomic mass is 10.1. The van der Waals surface area contributed by atoms with Crippen LogP contribution in [0.1, 0.15) is 15.9 Å². The van der Waals surface area contributed by atoms with Gasteiger partial charge in [-0.15, -0.1) is 0 Å². The third-order valence-corrected chi connectivity index (χ3v) is 4.19. The number of rotatable bonds is 6. The number of nitrogens with two attached hydrogens (primary N) is 1. The van der Waals surface area contributed by atoms with Crippen LogP contribution in [0.2, 0.25) is 0 Å². The highest BCUT2D eigenvalue weighted by atomic mass is 32.2. The van der Waals surface area contributed by atoms with Gasteiger partial charge in [-0.1, -0.05) is 12.1 Å². The summed E-state index contributed by atoms with van der Waals surface area (Å²) < 4.78 is 33.2. The number of benzene rings is 2. The molecule has 2 aromatic carbocycles. The maximum Gasteiger partial charge on any atom is 0.255 e. The Balaban J connectivity index is 2.22. The Morgan fingerprint density at radius 1 is 1.12 bits per heavy atom. The third kappa shape index (κ3) is 4.31. The van der Waals surface area contributed by atoms with Crippen molar-refractivity contribution in [1.29, 1.82) is 0 Å². The number of amides is 1. The van der Waals surface area contributed by atoms with Gasteiger partial charge in [0.1, 0.15) is 10.6 Å². The van der Waals surface area contributed by atoms with Gasteiger partial charge in [0.05, 0.1) is 13.7 Å². The van der Waals surface area contributed by atoms with Gasteiger partial charge >= 0.3 is 0 Å². The number of carbonyl (C=O) groups is 1. The maximum atomic E-state index is 12.2. The van der Waals surface area contributed by atoms with Crippen LogP contribution in [0.15, 0.2) is 47.4 Å². The molecule has 24 heavy (non-hydrogen) atoms. The molecule has 0 radical (unpaired) electrons. The first-order valence-electron chi connectivity index (χ1n) is 6.95. The molecule has 0 aromatic heterocycles. The molecule has 0 aliphatic rings. The topological polar surface area (TPSA) is 108 Å². The van der Waals surface area contributed by atoms with Crippen LogP contribution < -0.4 is 15.2 Å². The summed E-state index contributed by atoms with van der Waals surface area (Å²) in [5.41, 5.74) is 1.67. The van der Waals surface area contributed by atoms with Crippen molar-refractivity contribution in [2.45, 2.75) is 11.5 Å². The molecule has 0 saturated carbocycles. The normalized spacial score (nSPS) is 11.1. The summed E-state index contributed by atoms with van der Waals surface area (Å²) in [6.45, 7) is 0.456. The zero-order valence-electron chi connectivity index (χ0n) is 13.3. The molecule has 8 heteroatoms. The van der Waals surface area contributed by atoms with E-state index in [0.29, 0.717) is 17.9 Å². The first kappa shape index (κ1) is 17.9. The molecule has 2 rings (SSSR count). The summed E-state index contributed by atoms with van der Waals surface area (Å²) in [7, 11) is -1.04. The number of sulfonamides is 1. The van der Waals surface area contributed by atoms with Gasteiger partial charge in [0.15, 0.2) is 0 Å². The van der Waals surface area contributed by atoms with Crippen molar-refractivity contribution >= 4 is 21.6 Å². The van der Waals surface area contributed by atoms with Crippen LogP contribution >= 0.6 is 0 Å². The largest absolute Gasteiger partial charge is 0.495 e. The van der Waals surface area contributed by atoms with Crippen LogP contribution in [0.4, 0.5) is 5.69 Å². The van der Waals surface area contributed by atoms with Crippen molar-refractivity contribution in [3.8, 4) is 5.75 Å². The van der Waals surface area contributed by atoms with Crippen molar-refractivity contribution in [3.05, 3.63) is 53.6 Å². The summed E-state index contributed by atoms with van der Waals surface area (Å²) in [5.74, 6) is -0.260. The molecule has 128 valence electrons. The van der Waals surface area contributed by atoms with E-state index < -0.39 is 10.0 Å². The quantitative estimate of drug-likeness (QED) is 0.825. The molecule has 2 aromatic rings. The van der Waals surface area contributed by atoms with E-state index in [1.807, 2.05) is 0 Å². The number of ether oxygens (including phenoxy) is 2. The summed E-state index contributed by atoms with van der Waals surface area (Å²) in [6.07, 6.45) is 0. The minimum Gasteiger partial charge on any atom is -0.495 e. The average molecular weight is 350 g/mol. The van der Waals surface area contributed by atoms with Gasteiger partial charge in [-0.2, -0.15) is 0 Å². The van der Waals surface area contributed by atoms with Gasteiger partial charge in [-0.3, -0.25) is 4.79 Å². The van der Waals surface area contributed by atoms with E-state index in [4.69, 9.17) is 14.6 Å². The van der Waals surface area contributed by atoms with Crippen LogP contribution in [-0.2, 0) is 21.4 Å². The molecule has 0 spiro atoms. The van der Waals surface area contributed by atoms with Crippen LogP contribution in [0.5, 0.6) is 5.75 Å². The first-order valence-corrected chi connectivity index (χ1v) is 8.50. The predicted molar refractivity (Wildman–Crippen MR) is 89.5 cm³/mol. The average Bonchev–Trinajstić information content (AvgIpc) is 2.55. The monoisotopic (exact) mass is 350 g/mol. The third-order valence-electron chi connectivity index (χ3n) is 3.26. The van der Waals surface area contributed by atoms with E-state index in [0.717, 1.165) is 5.56 Å². The smallest absolute Gasteiger partial charge is 0.255 e. The fraction of sp³-hybridized carbons (Fsp3) is 0.188. The minimum absolute atomic E-state index is 0.111. The van der Waals surface area contributed by atoms with E-state index in [1.165, 1.54) is 25.3 Å². The molecule has 0 atom stereocenters.